The van der Waals surface area contributed by atoms with E-state index in [0.717, 1.165) is 67.3 Å². The summed E-state index contributed by atoms with van der Waals surface area (Å²) in [5, 5.41) is 9.61. The molecule has 8 rings (SSSR count). The molecular formula is C45H34N4. The van der Waals surface area contributed by atoms with Crippen molar-refractivity contribution in [2.45, 2.75) is 33.1 Å². The smallest absolute Gasteiger partial charge is 0.160 e. The summed E-state index contributed by atoms with van der Waals surface area (Å²) in [7, 11) is 0. The van der Waals surface area contributed by atoms with Crippen LogP contribution < -0.4 is 0 Å². The lowest BCUT2D eigenvalue weighted by molar-refractivity contribution is 0.660. The Morgan fingerprint density at radius 2 is 1.14 bits per heavy atom. The van der Waals surface area contributed by atoms with Crippen LogP contribution in [0, 0.1) is 25.2 Å². The van der Waals surface area contributed by atoms with Crippen LogP contribution in [0.25, 0.3) is 67.3 Å². The molecule has 234 valence electrons. The van der Waals surface area contributed by atoms with Crippen LogP contribution in [0.5, 0.6) is 0 Å². The largest absolute Gasteiger partial charge is 0.258 e. The summed E-state index contributed by atoms with van der Waals surface area (Å²) in [4.78, 5) is 15.0. The number of hydrogen-bond acceptors (Lipinski definition) is 4. The predicted octanol–water partition coefficient (Wildman–Crippen LogP) is 11.0. The van der Waals surface area contributed by atoms with Gasteiger partial charge in [0.2, 0.25) is 0 Å². The summed E-state index contributed by atoms with van der Waals surface area (Å²) in [6.07, 6.45) is 0. The molecule has 0 bridgehead atoms. The lowest BCUT2D eigenvalue weighted by atomic mass is 9.81. The minimum Gasteiger partial charge on any atom is -0.258 e. The maximum atomic E-state index is 9.61. The first-order valence-corrected chi connectivity index (χ1v) is 16.6. The molecule has 0 amide bonds. The van der Waals surface area contributed by atoms with Crippen LogP contribution in [0.4, 0.5) is 0 Å². The highest BCUT2D eigenvalue weighted by Gasteiger charge is 2.35. The van der Waals surface area contributed by atoms with Crippen molar-refractivity contribution in [3.8, 4) is 73.4 Å². The molecule has 2 heterocycles. The fourth-order valence-corrected chi connectivity index (χ4v) is 7.16. The first-order valence-electron chi connectivity index (χ1n) is 16.6. The second-order valence-electron chi connectivity index (χ2n) is 13.3. The zero-order chi connectivity index (χ0) is 33.7. The number of hydrogen-bond donors (Lipinski definition) is 0. The van der Waals surface area contributed by atoms with Gasteiger partial charge in [-0.3, -0.25) is 4.98 Å². The summed E-state index contributed by atoms with van der Waals surface area (Å²) in [5.74, 6) is 0.686. The van der Waals surface area contributed by atoms with Gasteiger partial charge in [0.25, 0.3) is 0 Å². The molecule has 0 fully saturated rings. The Morgan fingerprint density at radius 3 is 1.86 bits per heavy atom. The number of fused-ring (bicyclic) bond motifs is 3. The normalized spacial score (nSPS) is 12.6. The highest BCUT2D eigenvalue weighted by Crippen LogP contribution is 2.50. The van der Waals surface area contributed by atoms with Crippen LogP contribution >= 0.6 is 0 Å². The third-order valence-corrected chi connectivity index (χ3v) is 9.73. The maximum Gasteiger partial charge on any atom is 0.160 e. The lowest BCUT2D eigenvalue weighted by Gasteiger charge is -2.22. The molecule has 0 radical (unpaired) electrons. The second-order valence-corrected chi connectivity index (χ2v) is 13.3. The standard InChI is InChI=1S/C45H34N4/c1-28-15-18-37(29(2)47-28)35-22-34(33-17-19-38-39-21-30(27-46)16-20-40(39)45(3,4)41(38)25-33)23-36(24-35)43-26-42(31-11-7-5-8-12-31)48-44(49-43)32-13-9-6-10-14-32/h5-26H,1-4H3. The van der Waals surface area contributed by atoms with Gasteiger partial charge in [-0.25, -0.2) is 9.97 Å². The van der Waals surface area contributed by atoms with E-state index >= 15 is 0 Å². The third-order valence-electron chi connectivity index (χ3n) is 9.73. The van der Waals surface area contributed by atoms with Gasteiger partial charge in [-0.05, 0) is 101 Å². The Bertz CT molecular complexity index is 2380. The minimum absolute atomic E-state index is 0.200. The van der Waals surface area contributed by atoms with E-state index < -0.39 is 0 Å². The number of nitrogens with zero attached hydrogens (tertiary/aromatic N) is 4. The molecule has 1 aliphatic carbocycles. The van der Waals surface area contributed by atoms with E-state index in [1.54, 1.807) is 0 Å². The molecule has 1 aliphatic rings. The predicted molar refractivity (Wildman–Crippen MR) is 199 cm³/mol. The summed E-state index contributed by atoms with van der Waals surface area (Å²) in [6.45, 7) is 8.65. The van der Waals surface area contributed by atoms with E-state index in [2.05, 4.69) is 112 Å². The number of aryl methyl sites for hydroxylation is 2. The SMILES string of the molecule is Cc1ccc(-c2cc(-c3ccc4c(c3)C(C)(C)c3ccc(C#N)cc3-4)cc(-c3cc(-c4ccccc4)nc(-c4ccccc4)n3)c2)c(C)n1. The Kier molecular flexibility index (Phi) is 7.27. The third kappa shape index (κ3) is 5.40. The van der Waals surface area contributed by atoms with E-state index in [0.29, 0.717) is 11.4 Å². The Hall–Kier alpha value is -6.18. The molecule has 0 saturated heterocycles. The van der Waals surface area contributed by atoms with Gasteiger partial charge in [0.05, 0.1) is 23.0 Å². The molecule has 5 aromatic carbocycles. The van der Waals surface area contributed by atoms with E-state index in [1.165, 1.54) is 16.7 Å². The molecule has 0 unspecified atom stereocenters. The fraction of sp³-hybridized carbons (Fsp3) is 0.111. The first-order chi connectivity index (χ1) is 23.8. The quantitative estimate of drug-likeness (QED) is 0.190. The van der Waals surface area contributed by atoms with Crippen molar-refractivity contribution >= 4 is 0 Å². The number of benzene rings is 5. The summed E-state index contributed by atoms with van der Waals surface area (Å²) >= 11 is 0. The molecule has 0 aliphatic heterocycles. The van der Waals surface area contributed by atoms with Gasteiger partial charge < -0.3 is 0 Å². The molecule has 0 atom stereocenters. The summed E-state index contributed by atoms with van der Waals surface area (Å²) in [6, 6.07) is 48.7. The van der Waals surface area contributed by atoms with E-state index in [-0.39, 0.29) is 5.41 Å². The topological polar surface area (TPSA) is 62.5 Å². The van der Waals surface area contributed by atoms with Gasteiger partial charge in [0.1, 0.15) is 0 Å². The second kappa shape index (κ2) is 11.8. The number of nitriles is 1. The van der Waals surface area contributed by atoms with E-state index in [4.69, 9.17) is 15.0 Å². The summed E-state index contributed by atoms with van der Waals surface area (Å²) < 4.78 is 0. The van der Waals surface area contributed by atoms with Gasteiger partial charge in [-0.15, -0.1) is 0 Å². The van der Waals surface area contributed by atoms with Crippen LogP contribution in [0.15, 0.2) is 133 Å². The number of pyridine rings is 1. The molecule has 49 heavy (non-hydrogen) atoms. The van der Waals surface area contributed by atoms with Crippen molar-refractivity contribution in [1.82, 2.24) is 15.0 Å². The summed E-state index contributed by atoms with van der Waals surface area (Å²) in [5.41, 5.74) is 16.4. The molecule has 0 N–H and O–H groups in total. The van der Waals surface area contributed by atoms with Crippen LogP contribution in [-0.2, 0) is 5.41 Å². The maximum absolute atomic E-state index is 9.61. The van der Waals surface area contributed by atoms with Crippen LogP contribution in [0.3, 0.4) is 0 Å². The molecule has 7 aromatic rings. The monoisotopic (exact) mass is 630 g/mol. The van der Waals surface area contributed by atoms with Gasteiger partial charge in [0, 0.05) is 39.1 Å². The van der Waals surface area contributed by atoms with Crippen molar-refractivity contribution in [2.75, 3.05) is 0 Å². The average Bonchev–Trinajstić information content (AvgIpc) is 3.36. The molecule has 0 spiro atoms. The van der Waals surface area contributed by atoms with Gasteiger partial charge >= 0.3 is 0 Å². The molecule has 2 aromatic heterocycles. The Balaban J connectivity index is 1.34. The minimum atomic E-state index is -0.200. The fourth-order valence-electron chi connectivity index (χ4n) is 7.16. The van der Waals surface area contributed by atoms with E-state index in [9.17, 15) is 5.26 Å². The zero-order valence-electron chi connectivity index (χ0n) is 28.0. The zero-order valence-corrected chi connectivity index (χ0v) is 28.0. The van der Waals surface area contributed by atoms with Crippen molar-refractivity contribution in [2.24, 2.45) is 0 Å². The average molecular weight is 631 g/mol. The number of aromatic nitrogens is 3. The highest BCUT2D eigenvalue weighted by atomic mass is 14.9. The van der Waals surface area contributed by atoms with Crippen LogP contribution in [-0.4, -0.2) is 15.0 Å². The number of rotatable bonds is 5. The van der Waals surface area contributed by atoms with Crippen molar-refractivity contribution < 1.29 is 0 Å². The van der Waals surface area contributed by atoms with Crippen LogP contribution in [0.2, 0.25) is 0 Å². The van der Waals surface area contributed by atoms with Crippen LogP contribution in [0.1, 0.15) is 41.9 Å². The van der Waals surface area contributed by atoms with Crippen molar-refractivity contribution in [3.05, 3.63) is 162 Å². The van der Waals surface area contributed by atoms with Gasteiger partial charge in [-0.1, -0.05) is 98.8 Å². The Labute approximate surface area is 287 Å². The highest BCUT2D eigenvalue weighted by molar-refractivity contribution is 5.87. The first kappa shape index (κ1) is 30.2. The molecule has 4 heteroatoms. The lowest BCUT2D eigenvalue weighted by Crippen LogP contribution is -2.15. The van der Waals surface area contributed by atoms with Gasteiger partial charge in [0.15, 0.2) is 5.82 Å². The molecule has 0 saturated carbocycles. The van der Waals surface area contributed by atoms with Crippen molar-refractivity contribution in [3.63, 3.8) is 0 Å². The van der Waals surface area contributed by atoms with E-state index in [1.807, 2.05) is 55.5 Å². The van der Waals surface area contributed by atoms with Gasteiger partial charge in [-0.2, -0.15) is 5.26 Å². The Morgan fingerprint density at radius 1 is 0.490 bits per heavy atom. The van der Waals surface area contributed by atoms with Crippen molar-refractivity contribution in [1.29, 1.82) is 5.26 Å². The molecule has 4 nitrogen and oxygen atoms in total. The molecular weight excluding hydrogens is 597 g/mol.